The standard InChI is InChI=1S/C21H21NO6S2/c1-2-22(15-16-6-5-7-19(14-16)29(23,24)25)18-12-10-17(11-13-18)20-8-3-4-9-21(20)30(26,27)28/h3-14H,2,15H2,1H3,(H,23,24,25)(H,26,27,28). The average Bonchev–Trinajstić information content (AvgIpc) is 2.71. The lowest BCUT2D eigenvalue weighted by Gasteiger charge is -2.24. The average molecular weight is 448 g/mol. The zero-order chi connectivity index (χ0) is 21.9. The second-order valence-electron chi connectivity index (χ2n) is 6.65. The second-order valence-corrected chi connectivity index (χ2v) is 9.47. The molecule has 0 amide bonds. The molecule has 3 aromatic carbocycles. The third-order valence-corrected chi connectivity index (χ3v) is 6.42. The van der Waals surface area contributed by atoms with E-state index in [0.29, 0.717) is 29.8 Å². The molecule has 0 radical (unpaired) electrons. The topological polar surface area (TPSA) is 112 Å². The van der Waals surface area contributed by atoms with E-state index in [-0.39, 0.29) is 9.79 Å². The Morgan fingerprint density at radius 1 is 0.800 bits per heavy atom. The van der Waals surface area contributed by atoms with Gasteiger partial charge in [0.1, 0.15) is 4.90 Å². The fourth-order valence-electron chi connectivity index (χ4n) is 3.19. The summed E-state index contributed by atoms with van der Waals surface area (Å²) in [6.45, 7) is 3.01. The molecule has 0 aliphatic carbocycles. The van der Waals surface area contributed by atoms with Gasteiger partial charge in [0, 0.05) is 24.3 Å². The summed E-state index contributed by atoms with van der Waals surface area (Å²) in [5.41, 5.74) is 2.60. The Hall–Kier alpha value is -2.72. The number of hydrogen-bond donors (Lipinski definition) is 2. The van der Waals surface area contributed by atoms with E-state index in [4.69, 9.17) is 0 Å². The molecule has 30 heavy (non-hydrogen) atoms. The van der Waals surface area contributed by atoms with Crippen LogP contribution in [0.25, 0.3) is 11.1 Å². The summed E-state index contributed by atoms with van der Waals surface area (Å²) in [6, 6.07) is 19.5. The predicted molar refractivity (Wildman–Crippen MR) is 115 cm³/mol. The van der Waals surface area contributed by atoms with E-state index in [1.54, 1.807) is 42.5 Å². The minimum absolute atomic E-state index is 0.159. The van der Waals surface area contributed by atoms with Gasteiger partial charge in [0.05, 0.1) is 4.90 Å². The molecule has 0 aliphatic rings. The van der Waals surface area contributed by atoms with Crippen molar-refractivity contribution in [3.8, 4) is 11.1 Å². The van der Waals surface area contributed by atoms with Crippen LogP contribution in [0.4, 0.5) is 5.69 Å². The highest BCUT2D eigenvalue weighted by Crippen LogP contribution is 2.29. The maximum absolute atomic E-state index is 11.6. The summed E-state index contributed by atoms with van der Waals surface area (Å²) in [7, 11) is -8.62. The van der Waals surface area contributed by atoms with E-state index < -0.39 is 20.2 Å². The summed E-state index contributed by atoms with van der Waals surface area (Å²) in [4.78, 5) is 1.68. The molecule has 3 rings (SSSR count). The normalized spacial score (nSPS) is 12.0. The van der Waals surface area contributed by atoms with Crippen LogP contribution in [0.2, 0.25) is 0 Å². The maximum Gasteiger partial charge on any atom is 0.295 e. The van der Waals surface area contributed by atoms with Crippen LogP contribution in [0.15, 0.2) is 82.6 Å². The van der Waals surface area contributed by atoms with Crippen molar-refractivity contribution in [1.29, 1.82) is 0 Å². The zero-order valence-electron chi connectivity index (χ0n) is 16.1. The predicted octanol–water partition coefficient (Wildman–Crippen LogP) is 3.87. The molecule has 0 unspecified atom stereocenters. The SMILES string of the molecule is CCN(Cc1cccc(S(=O)(=O)O)c1)c1ccc(-c2ccccc2S(=O)(=O)O)cc1. The molecule has 0 aromatic heterocycles. The Balaban J connectivity index is 1.89. The molecule has 0 spiro atoms. The molecule has 0 saturated carbocycles. The Kier molecular flexibility index (Phi) is 6.27. The van der Waals surface area contributed by atoms with Gasteiger partial charge in [-0.05, 0) is 48.4 Å². The van der Waals surface area contributed by atoms with Crippen molar-refractivity contribution in [2.45, 2.75) is 23.3 Å². The van der Waals surface area contributed by atoms with E-state index in [2.05, 4.69) is 0 Å². The molecule has 9 heteroatoms. The minimum Gasteiger partial charge on any atom is -0.367 e. The van der Waals surface area contributed by atoms with Gasteiger partial charge < -0.3 is 4.90 Å². The minimum atomic E-state index is -4.35. The summed E-state index contributed by atoms with van der Waals surface area (Å²) in [5, 5.41) is 0. The Bertz CT molecular complexity index is 1250. The summed E-state index contributed by atoms with van der Waals surface area (Å²) in [6.07, 6.45) is 0. The van der Waals surface area contributed by atoms with Gasteiger partial charge in [0.25, 0.3) is 20.2 Å². The van der Waals surface area contributed by atoms with Gasteiger partial charge in [-0.3, -0.25) is 9.11 Å². The first-order chi connectivity index (χ1) is 14.1. The fraction of sp³-hybridized carbons (Fsp3) is 0.143. The summed E-state index contributed by atoms with van der Waals surface area (Å²) < 4.78 is 64.7. The Labute approximate surface area is 176 Å². The number of rotatable bonds is 7. The van der Waals surface area contributed by atoms with Gasteiger partial charge >= 0.3 is 0 Å². The maximum atomic E-state index is 11.6. The van der Waals surface area contributed by atoms with Gasteiger partial charge in [-0.2, -0.15) is 16.8 Å². The van der Waals surface area contributed by atoms with Crippen LogP contribution in [-0.2, 0) is 26.8 Å². The number of nitrogens with zero attached hydrogens (tertiary/aromatic N) is 1. The number of hydrogen-bond acceptors (Lipinski definition) is 5. The van der Waals surface area contributed by atoms with Gasteiger partial charge in [0.2, 0.25) is 0 Å². The molecule has 0 aliphatic heterocycles. The van der Waals surface area contributed by atoms with Crippen LogP contribution >= 0.6 is 0 Å². The van der Waals surface area contributed by atoms with Crippen molar-refractivity contribution in [3.05, 3.63) is 78.4 Å². The highest BCUT2D eigenvalue weighted by atomic mass is 32.2. The van der Waals surface area contributed by atoms with Crippen LogP contribution < -0.4 is 4.90 Å². The smallest absolute Gasteiger partial charge is 0.295 e. The van der Waals surface area contributed by atoms with E-state index in [1.807, 2.05) is 24.0 Å². The monoisotopic (exact) mass is 447 g/mol. The quantitative estimate of drug-likeness (QED) is 0.529. The van der Waals surface area contributed by atoms with Crippen LogP contribution in [-0.4, -0.2) is 32.5 Å². The third kappa shape index (κ3) is 5.06. The highest BCUT2D eigenvalue weighted by Gasteiger charge is 2.16. The lowest BCUT2D eigenvalue weighted by atomic mass is 10.0. The van der Waals surface area contributed by atoms with E-state index in [1.165, 1.54) is 18.2 Å². The van der Waals surface area contributed by atoms with Crippen molar-refractivity contribution in [2.24, 2.45) is 0 Å². The molecule has 0 saturated heterocycles. The van der Waals surface area contributed by atoms with Crippen molar-refractivity contribution in [1.82, 2.24) is 0 Å². The van der Waals surface area contributed by atoms with Gasteiger partial charge in [-0.1, -0.05) is 42.5 Å². The molecule has 0 bridgehead atoms. The molecule has 0 fully saturated rings. The van der Waals surface area contributed by atoms with Gasteiger partial charge in [-0.15, -0.1) is 0 Å². The lowest BCUT2D eigenvalue weighted by Crippen LogP contribution is -2.22. The molecule has 0 heterocycles. The van der Waals surface area contributed by atoms with Crippen molar-refractivity contribution in [3.63, 3.8) is 0 Å². The molecule has 2 N–H and O–H groups in total. The third-order valence-electron chi connectivity index (χ3n) is 4.66. The van der Waals surface area contributed by atoms with Crippen LogP contribution in [0.1, 0.15) is 12.5 Å². The first-order valence-electron chi connectivity index (χ1n) is 9.08. The van der Waals surface area contributed by atoms with Crippen molar-refractivity contribution in [2.75, 3.05) is 11.4 Å². The van der Waals surface area contributed by atoms with Crippen molar-refractivity contribution >= 4 is 25.9 Å². The molecule has 0 atom stereocenters. The number of anilines is 1. The Morgan fingerprint density at radius 3 is 2.07 bits per heavy atom. The van der Waals surface area contributed by atoms with E-state index >= 15 is 0 Å². The first-order valence-corrected chi connectivity index (χ1v) is 12.0. The van der Waals surface area contributed by atoms with E-state index in [0.717, 1.165) is 5.69 Å². The zero-order valence-corrected chi connectivity index (χ0v) is 17.8. The molecule has 158 valence electrons. The lowest BCUT2D eigenvalue weighted by molar-refractivity contribution is 0.481. The highest BCUT2D eigenvalue weighted by molar-refractivity contribution is 7.86. The van der Waals surface area contributed by atoms with Crippen molar-refractivity contribution < 1.29 is 25.9 Å². The largest absolute Gasteiger partial charge is 0.367 e. The van der Waals surface area contributed by atoms with Crippen LogP contribution in [0.3, 0.4) is 0 Å². The summed E-state index contributed by atoms with van der Waals surface area (Å²) >= 11 is 0. The second kappa shape index (κ2) is 8.57. The molecular formula is C21H21NO6S2. The van der Waals surface area contributed by atoms with Crippen LogP contribution in [0, 0.1) is 0 Å². The van der Waals surface area contributed by atoms with E-state index in [9.17, 15) is 25.9 Å². The molecule has 7 nitrogen and oxygen atoms in total. The first kappa shape index (κ1) is 22.0. The molecule has 3 aromatic rings. The van der Waals surface area contributed by atoms with Gasteiger partial charge in [0.15, 0.2) is 0 Å². The van der Waals surface area contributed by atoms with Gasteiger partial charge in [-0.25, -0.2) is 0 Å². The Morgan fingerprint density at radius 2 is 1.47 bits per heavy atom. The fourth-order valence-corrected chi connectivity index (χ4v) is 4.46. The molecular weight excluding hydrogens is 426 g/mol. The summed E-state index contributed by atoms with van der Waals surface area (Å²) in [5.74, 6) is 0. The number of benzene rings is 3. The van der Waals surface area contributed by atoms with Crippen LogP contribution in [0.5, 0.6) is 0 Å².